The molecule has 1 aliphatic heterocycles. The van der Waals surface area contributed by atoms with Crippen LogP contribution in [0.15, 0.2) is 41.7 Å². The molecule has 1 aromatic heterocycles. The van der Waals surface area contributed by atoms with Crippen LogP contribution in [0.25, 0.3) is 0 Å². The van der Waals surface area contributed by atoms with Crippen molar-refractivity contribution in [3.05, 3.63) is 59.4 Å². The monoisotopic (exact) mass is 527 g/mol. The summed E-state index contributed by atoms with van der Waals surface area (Å²) < 4.78 is 34.0. The van der Waals surface area contributed by atoms with E-state index in [1.54, 1.807) is 6.07 Å². The lowest BCUT2D eigenvalue weighted by atomic mass is 9.89. The number of pyridine rings is 1. The molecule has 2 amide bonds. The van der Waals surface area contributed by atoms with Gasteiger partial charge in [0, 0.05) is 24.1 Å². The molecule has 2 heterocycles. The Morgan fingerprint density at radius 2 is 2.05 bits per heavy atom. The number of nitrogens with two attached hydrogens (primary N) is 1. The first kappa shape index (κ1) is 27.5. The third kappa shape index (κ3) is 6.28. The maximum absolute atomic E-state index is 14.1. The number of aromatic nitrogens is 1. The number of fused-ring (bicyclic) bond motifs is 1. The lowest BCUT2D eigenvalue weighted by Gasteiger charge is -2.38. The number of nitrogens with zero attached hydrogens (tertiary/aromatic N) is 2. The molecule has 204 valence electrons. The van der Waals surface area contributed by atoms with E-state index in [-0.39, 0.29) is 24.2 Å². The van der Waals surface area contributed by atoms with Crippen LogP contribution in [0.1, 0.15) is 76.6 Å². The molecule has 4 N–H and O–H groups in total. The van der Waals surface area contributed by atoms with Gasteiger partial charge in [0.1, 0.15) is 23.0 Å². The first-order valence-corrected chi connectivity index (χ1v) is 12.9. The number of carbonyl (C=O) groups excluding carboxylic acids is 2. The predicted molar refractivity (Wildman–Crippen MR) is 139 cm³/mol. The largest absolute Gasteiger partial charge is 0.487 e. The zero-order chi connectivity index (χ0) is 27.7. The van der Waals surface area contributed by atoms with Crippen LogP contribution in [0.3, 0.4) is 0 Å². The van der Waals surface area contributed by atoms with Gasteiger partial charge in [0.05, 0.1) is 36.6 Å². The molecule has 0 bridgehead atoms. The van der Waals surface area contributed by atoms with Crippen LogP contribution in [0.2, 0.25) is 0 Å². The van der Waals surface area contributed by atoms with Crippen LogP contribution in [0.5, 0.6) is 5.75 Å². The van der Waals surface area contributed by atoms with Crippen molar-refractivity contribution in [3.63, 3.8) is 0 Å². The van der Waals surface area contributed by atoms with Crippen molar-refractivity contribution in [2.75, 3.05) is 0 Å². The highest BCUT2D eigenvalue weighted by atomic mass is 19.1. The van der Waals surface area contributed by atoms with Gasteiger partial charge in [-0.2, -0.15) is 0 Å². The van der Waals surface area contributed by atoms with Crippen molar-refractivity contribution in [3.8, 4) is 5.75 Å². The minimum Gasteiger partial charge on any atom is -0.487 e. The van der Waals surface area contributed by atoms with Crippen molar-refractivity contribution in [1.82, 2.24) is 15.6 Å². The smallest absolute Gasteiger partial charge is 0.223 e. The highest BCUT2D eigenvalue weighted by Gasteiger charge is 2.50. The van der Waals surface area contributed by atoms with Crippen LogP contribution in [-0.4, -0.2) is 34.3 Å². The van der Waals surface area contributed by atoms with Crippen LogP contribution in [0, 0.1) is 23.5 Å². The number of ether oxygens (including phenoxy) is 1. The minimum absolute atomic E-state index is 0.0829. The quantitative estimate of drug-likeness (QED) is 0.335. The molecule has 0 spiro atoms. The third-order valence-electron chi connectivity index (χ3n) is 7.44. The Labute approximate surface area is 221 Å². The Hall–Kier alpha value is -3.56. The van der Waals surface area contributed by atoms with Crippen molar-refractivity contribution < 1.29 is 23.1 Å². The summed E-state index contributed by atoms with van der Waals surface area (Å²) in [5, 5.41) is 6.05. The summed E-state index contributed by atoms with van der Waals surface area (Å²) >= 11 is 0. The van der Waals surface area contributed by atoms with E-state index in [2.05, 4.69) is 20.6 Å². The Morgan fingerprint density at radius 3 is 2.74 bits per heavy atom. The molecule has 0 saturated heterocycles. The first-order valence-electron chi connectivity index (χ1n) is 12.9. The van der Waals surface area contributed by atoms with Crippen LogP contribution in [-0.2, 0) is 9.59 Å². The van der Waals surface area contributed by atoms with Gasteiger partial charge in [0.15, 0.2) is 0 Å². The zero-order valence-corrected chi connectivity index (χ0v) is 22.1. The van der Waals surface area contributed by atoms with E-state index >= 15 is 0 Å². The van der Waals surface area contributed by atoms with Gasteiger partial charge >= 0.3 is 0 Å². The number of hydrogen-bond donors (Lipinski definition) is 3. The van der Waals surface area contributed by atoms with Gasteiger partial charge in [-0.05, 0) is 69.4 Å². The van der Waals surface area contributed by atoms with Crippen molar-refractivity contribution in [2.24, 2.45) is 22.6 Å². The molecule has 1 unspecified atom stereocenters. The standard InChI is InChI=1S/C28H35F2N5O3/c1-5-28(4,33-15-31)12-24(36)35-25(16-8-18(30)14-32-13-16)19-10-20(19)26(37)34-22-11-27(2,3)38-23-7-6-17(29)9-21(22)23/h6-9,13-15,19-20,22,25H,5,10-12H2,1-4H3,(H2,31,33)(H,34,37)(H,35,36)/t19-,20-,22+,25?,28+/m1/s1. The van der Waals surface area contributed by atoms with E-state index in [0.29, 0.717) is 36.1 Å². The second-order valence-electron chi connectivity index (χ2n) is 11.1. The Kier molecular flexibility index (Phi) is 7.71. The Morgan fingerprint density at radius 1 is 1.29 bits per heavy atom. The number of aliphatic imine (C=N–C) groups is 1. The normalized spacial score (nSPS) is 24.0. The molecule has 10 heteroatoms. The van der Waals surface area contributed by atoms with Crippen LogP contribution >= 0.6 is 0 Å². The molecule has 8 nitrogen and oxygen atoms in total. The Balaban J connectivity index is 1.51. The Bertz CT molecular complexity index is 1240. The van der Waals surface area contributed by atoms with E-state index in [1.807, 2.05) is 27.7 Å². The highest BCUT2D eigenvalue weighted by Crippen LogP contribution is 2.49. The first-order chi connectivity index (χ1) is 17.9. The number of hydrogen-bond acceptors (Lipinski definition) is 5. The topological polar surface area (TPSA) is 119 Å². The van der Waals surface area contributed by atoms with Crippen LogP contribution < -0.4 is 21.1 Å². The van der Waals surface area contributed by atoms with Crippen molar-refractivity contribution >= 4 is 18.2 Å². The predicted octanol–water partition coefficient (Wildman–Crippen LogP) is 4.12. The van der Waals surface area contributed by atoms with Gasteiger partial charge in [-0.3, -0.25) is 19.6 Å². The number of benzene rings is 1. The molecular weight excluding hydrogens is 492 g/mol. The molecule has 2 aliphatic rings. The minimum atomic E-state index is -0.678. The molecule has 1 fully saturated rings. The van der Waals surface area contributed by atoms with E-state index in [9.17, 15) is 18.4 Å². The molecule has 1 saturated carbocycles. The fraction of sp³-hybridized carbons (Fsp3) is 0.500. The molecule has 38 heavy (non-hydrogen) atoms. The summed E-state index contributed by atoms with van der Waals surface area (Å²) in [4.78, 5) is 34.6. The van der Waals surface area contributed by atoms with E-state index in [1.165, 1.54) is 30.7 Å². The molecule has 2 aromatic rings. The number of rotatable bonds is 9. The number of nitrogens with one attached hydrogen (secondary N) is 2. The van der Waals surface area contributed by atoms with Crippen molar-refractivity contribution in [2.45, 2.75) is 76.6 Å². The SMILES string of the molecule is CC[C@@](C)(CC(=O)NC(c1cncc(F)c1)[C@@H]1C[C@H]1C(=O)N[C@H]1CC(C)(C)Oc2ccc(F)cc21)N=CN. The van der Waals surface area contributed by atoms with Gasteiger partial charge in [0.2, 0.25) is 11.8 Å². The van der Waals surface area contributed by atoms with Gasteiger partial charge in [0.25, 0.3) is 0 Å². The molecule has 1 aliphatic carbocycles. The fourth-order valence-electron chi connectivity index (χ4n) is 5.17. The summed E-state index contributed by atoms with van der Waals surface area (Å²) in [6.45, 7) is 7.58. The summed E-state index contributed by atoms with van der Waals surface area (Å²) in [5.74, 6) is -1.55. The maximum atomic E-state index is 14.1. The maximum Gasteiger partial charge on any atom is 0.223 e. The van der Waals surface area contributed by atoms with Gasteiger partial charge in [-0.1, -0.05) is 6.92 Å². The third-order valence-corrected chi connectivity index (χ3v) is 7.44. The summed E-state index contributed by atoms with van der Waals surface area (Å²) in [7, 11) is 0. The van der Waals surface area contributed by atoms with Gasteiger partial charge in [-0.25, -0.2) is 8.78 Å². The number of halogens is 2. The van der Waals surface area contributed by atoms with Crippen LogP contribution in [0.4, 0.5) is 8.78 Å². The summed E-state index contributed by atoms with van der Waals surface area (Å²) in [6, 6.07) is 4.57. The summed E-state index contributed by atoms with van der Waals surface area (Å²) in [5.41, 5.74) is 5.32. The second-order valence-corrected chi connectivity index (χ2v) is 11.1. The lowest BCUT2D eigenvalue weighted by Crippen LogP contribution is -2.42. The number of amides is 2. The molecule has 5 atom stereocenters. The van der Waals surface area contributed by atoms with E-state index in [0.717, 1.165) is 6.20 Å². The molecular formula is C28H35F2N5O3. The molecule has 1 aromatic carbocycles. The second kappa shape index (κ2) is 10.7. The van der Waals surface area contributed by atoms with Gasteiger partial charge in [-0.15, -0.1) is 0 Å². The highest BCUT2D eigenvalue weighted by molar-refractivity contribution is 5.83. The van der Waals surface area contributed by atoms with Crippen molar-refractivity contribution in [1.29, 1.82) is 0 Å². The van der Waals surface area contributed by atoms with E-state index in [4.69, 9.17) is 10.5 Å². The molecule has 0 radical (unpaired) electrons. The molecule has 4 rings (SSSR count). The zero-order valence-electron chi connectivity index (χ0n) is 22.1. The lowest BCUT2D eigenvalue weighted by molar-refractivity contribution is -0.125. The summed E-state index contributed by atoms with van der Waals surface area (Å²) in [6.07, 6.45) is 5.43. The average Bonchev–Trinajstić information content (AvgIpc) is 3.63. The van der Waals surface area contributed by atoms with Gasteiger partial charge < -0.3 is 21.1 Å². The average molecular weight is 528 g/mol. The fourth-order valence-corrected chi connectivity index (χ4v) is 5.17. The number of carbonyl (C=O) groups is 2. The van der Waals surface area contributed by atoms with E-state index < -0.39 is 40.8 Å².